The molecule has 0 aliphatic heterocycles. The average molecular weight is 191 g/mol. The zero-order valence-electron chi connectivity index (χ0n) is 8.39. The number of aryl methyl sites for hydroxylation is 1. The van der Waals surface area contributed by atoms with Crippen LogP contribution in [0.3, 0.4) is 0 Å². The second-order valence-corrected chi connectivity index (χ2v) is 4.74. The lowest BCUT2D eigenvalue weighted by molar-refractivity contribution is 0.590. The summed E-state index contributed by atoms with van der Waals surface area (Å²) in [6.45, 7) is 1.72. The molecule has 0 aromatic carbocycles. The molecule has 2 saturated carbocycles. The van der Waals surface area contributed by atoms with Gasteiger partial charge in [0, 0.05) is 11.6 Å². The van der Waals surface area contributed by atoms with E-state index in [9.17, 15) is 4.39 Å². The van der Waals surface area contributed by atoms with Crippen molar-refractivity contribution in [2.75, 3.05) is 0 Å². The minimum absolute atomic E-state index is 0.144. The van der Waals surface area contributed by atoms with Crippen molar-refractivity contribution in [3.05, 3.63) is 29.3 Å². The van der Waals surface area contributed by atoms with Gasteiger partial charge in [-0.3, -0.25) is 4.98 Å². The lowest BCUT2D eigenvalue weighted by Crippen LogP contribution is -2.07. The number of fused-ring (bicyclic) bond motifs is 1. The van der Waals surface area contributed by atoms with Gasteiger partial charge in [0.1, 0.15) is 5.82 Å². The smallest absolute Gasteiger partial charge is 0.144 e. The first kappa shape index (κ1) is 8.39. The Balaban J connectivity index is 2.01. The van der Waals surface area contributed by atoms with Crippen LogP contribution >= 0.6 is 0 Å². The molecule has 2 fully saturated rings. The summed E-state index contributed by atoms with van der Waals surface area (Å²) in [4.78, 5) is 4.12. The van der Waals surface area contributed by atoms with Crippen molar-refractivity contribution < 1.29 is 4.39 Å². The SMILES string of the molecule is Cc1ncc(C23CCCC2C3)cc1F. The number of rotatable bonds is 1. The summed E-state index contributed by atoms with van der Waals surface area (Å²) in [5.41, 5.74) is 1.99. The molecule has 0 radical (unpaired) electrons. The van der Waals surface area contributed by atoms with Gasteiger partial charge in [0.05, 0.1) is 5.69 Å². The standard InChI is InChI=1S/C12H14FN/c1-8-11(13)5-10(7-14-8)12-4-2-3-9(12)6-12/h5,7,9H,2-4,6H2,1H3. The molecule has 14 heavy (non-hydrogen) atoms. The van der Waals surface area contributed by atoms with Gasteiger partial charge < -0.3 is 0 Å². The molecular weight excluding hydrogens is 177 g/mol. The summed E-state index contributed by atoms with van der Waals surface area (Å²) >= 11 is 0. The van der Waals surface area contributed by atoms with E-state index in [1.807, 2.05) is 6.20 Å². The molecule has 0 N–H and O–H groups in total. The summed E-state index contributed by atoms with van der Waals surface area (Å²) in [6, 6.07) is 1.70. The van der Waals surface area contributed by atoms with Crippen LogP contribution in [0.1, 0.15) is 36.9 Å². The summed E-state index contributed by atoms with van der Waals surface area (Å²) < 4.78 is 13.4. The Kier molecular flexibility index (Phi) is 1.53. The highest BCUT2D eigenvalue weighted by molar-refractivity contribution is 5.34. The zero-order valence-corrected chi connectivity index (χ0v) is 8.39. The van der Waals surface area contributed by atoms with Gasteiger partial charge in [0.25, 0.3) is 0 Å². The van der Waals surface area contributed by atoms with Crippen LogP contribution in [0.5, 0.6) is 0 Å². The van der Waals surface area contributed by atoms with Crippen LogP contribution in [-0.2, 0) is 5.41 Å². The summed E-state index contributed by atoms with van der Waals surface area (Å²) in [5.74, 6) is 0.681. The Bertz CT molecular complexity index is 388. The van der Waals surface area contributed by atoms with Crippen molar-refractivity contribution in [3.8, 4) is 0 Å². The molecule has 3 rings (SSSR count). The van der Waals surface area contributed by atoms with E-state index in [-0.39, 0.29) is 5.82 Å². The maximum atomic E-state index is 13.4. The number of pyridine rings is 1. The second-order valence-electron chi connectivity index (χ2n) is 4.74. The Morgan fingerprint density at radius 3 is 3.00 bits per heavy atom. The van der Waals surface area contributed by atoms with Gasteiger partial charge in [-0.15, -0.1) is 0 Å². The first-order valence-electron chi connectivity index (χ1n) is 5.35. The van der Waals surface area contributed by atoms with Crippen molar-refractivity contribution in [3.63, 3.8) is 0 Å². The summed E-state index contributed by atoms with van der Waals surface area (Å²) in [5, 5.41) is 0. The molecule has 2 unspecified atom stereocenters. The van der Waals surface area contributed by atoms with E-state index in [2.05, 4.69) is 4.98 Å². The van der Waals surface area contributed by atoms with Gasteiger partial charge in [-0.25, -0.2) is 4.39 Å². The Hall–Kier alpha value is -0.920. The second kappa shape index (κ2) is 2.56. The Morgan fingerprint density at radius 1 is 1.57 bits per heavy atom. The minimum Gasteiger partial charge on any atom is -0.258 e. The van der Waals surface area contributed by atoms with Crippen molar-refractivity contribution >= 4 is 0 Å². The fraction of sp³-hybridized carbons (Fsp3) is 0.583. The first-order chi connectivity index (χ1) is 6.72. The Labute approximate surface area is 83.4 Å². The molecule has 74 valence electrons. The predicted molar refractivity (Wildman–Crippen MR) is 52.6 cm³/mol. The maximum absolute atomic E-state index is 13.4. The number of hydrogen-bond donors (Lipinski definition) is 0. The van der Waals surface area contributed by atoms with Gasteiger partial charge in [-0.05, 0) is 43.7 Å². The van der Waals surface area contributed by atoms with Crippen molar-refractivity contribution in [1.82, 2.24) is 4.98 Å². The van der Waals surface area contributed by atoms with E-state index >= 15 is 0 Å². The predicted octanol–water partition coefficient (Wildman–Crippen LogP) is 2.97. The van der Waals surface area contributed by atoms with E-state index in [0.29, 0.717) is 11.1 Å². The highest BCUT2D eigenvalue weighted by Crippen LogP contribution is 2.64. The van der Waals surface area contributed by atoms with Crippen molar-refractivity contribution in [2.24, 2.45) is 5.92 Å². The van der Waals surface area contributed by atoms with Gasteiger partial charge in [-0.1, -0.05) is 6.42 Å². The topological polar surface area (TPSA) is 12.9 Å². The molecule has 2 heteroatoms. The van der Waals surface area contributed by atoms with Gasteiger partial charge in [0.15, 0.2) is 0 Å². The highest BCUT2D eigenvalue weighted by Gasteiger charge is 2.57. The number of nitrogens with zero attached hydrogens (tertiary/aromatic N) is 1. The lowest BCUT2D eigenvalue weighted by Gasteiger charge is -2.12. The number of hydrogen-bond acceptors (Lipinski definition) is 1. The van der Waals surface area contributed by atoms with E-state index < -0.39 is 0 Å². The van der Waals surface area contributed by atoms with Crippen LogP contribution in [0.25, 0.3) is 0 Å². The number of aromatic nitrogens is 1. The molecular formula is C12H14FN. The maximum Gasteiger partial charge on any atom is 0.144 e. The van der Waals surface area contributed by atoms with Crippen LogP contribution in [0.4, 0.5) is 4.39 Å². The van der Waals surface area contributed by atoms with Crippen molar-refractivity contribution in [1.29, 1.82) is 0 Å². The molecule has 2 aliphatic carbocycles. The average Bonchev–Trinajstić information content (AvgIpc) is 2.75. The molecule has 0 bridgehead atoms. The van der Waals surface area contributed by atoms with Crippen LogP contribution < -0.4 is 0 Å². The molecule has 0 saturated heterocycles. The normalized spacial score (nSPS) is 34.3. The lowest BCUT2D eigenvalue weighted by atomic mass is 9.95. The fourth-order valence-electron chi connectivity index (χ4n) is 3.01. The van der Waals surface area contributed by atoms with Gasteiger partial charge in [0.2, 0.25) is 0 Å². The Morgan fingerprint density at radius 2 is 2.43 bits per heavy atom. The molecule has 1 aromatic rings. The first-order valence-corrected chi connectivity index (χ1v) is 5.35. The molecule has 1 aromatic heterocycles. The minimum atomic E-state index is -0.144. The summed E-state index contributed by atoms with van der Waals surface area (Å²) in [7, 11) is 0. The molecule has 1 heterocycles. The van der Waals surface area contributed by atoms with E-state index in [1.165, 1.54) is 25.7 Å². The van der Waals surface area contributed by atoms with Crippen molar-refractivity contribution in [2.45, 2.75) is 38.0 Å². The third-order valence-corrected chi connectivity index (χ3v) is 4.01. The molecule has 0 amide bonds. The van der Waals surface area contributed by atoms with Gasteiger partial charge >= 0.3 is 0 Å². The van der Waals surface area contributed by atoms with E-state index in [0.717, 1.165) is 11.5 Å². The largest absolute Gasteiger partial charge is 0.258 e. The van der Waals surface area contributed by atoms with Crippen LogP contribution in [-0.4, -0.2) is 4.98 Å². The van der Waals surface area contributed by atoms with Crippen LogP contribution in [0.2, 0.25) is 0 Å². The number of halogens is 1. The quantitative estimate of drug-likeness (QED) is 0.665. The monoisotopic (exact) mass is 191 g/mol. The molecule has 2 aliphatic rings. The van der Waals surface area contributed by atoms with E-state index in [1.54, 1.807) is 13.0 Å². The highest BCUT2D eigenvalue weighted by atomic mass is 19.1. The fourth-order valence-corrected chi connectivity index (χ4v) is 3.01. The van der Waals surface area contributed by atoms with Gasteiger partial charge in [-0.2, -0.15) is 0 Å². The zero-order chi connectivity index (χ0) is 9.76. The summed E-state index contributed by atoms with van der Waals surface area (Å²) in [6.07, 6.45) is 7.01. The van der Waals surface area contributed by atoms with Crippen LogP contribution in [0, 0.1) is 18.7 Å². The molecule has 1 nitrogen and oxygen atoms in total. The molecule has 0 spiro atoms. The van der Waals surface area contributed by atoms with Crippen LogP contribution in [0.15, 0.2) is 12.3 Å². The van der Waals surface area contributed by atoms with E-state index in [4.69, 9.17) is 0 Å². The molecule has 2 atom stereocenters. The third-order valence-electron chi connectivity index (χ3n) is 4.01. The third kappa shape index (κ3) is 0.969.